The number of nitrogens with two attached hydrogens (primary N) is 1. The highest BCUT2D eigenvalue weighted by atomic mass is 16.2. The Hall–Kier alpha value is -1.94. The van der Waals surface area contributed by atoms with Gasteiger partial charge in [0.2, 0.25) is 5.91 Å². The average Bonchev–Trinajstić information content (AvgIpc) is 2.38. The van der Waals surface area contributed by atoms with Crippen molar-refractivity contribution in [2.75, 3.05) is 5.32 Å². The van der Waals surface area contributed by atoms with E-state index in [9.17, 15) is 4.79 Å². The first-order valence-corrected chi connectivity index (χ1v) is 6.47. The van der Waals surface area contributed by atoms with Crippen LogP contribution in [0.2, 0.25) is 0 Å². The van der Waals surface area contributed by atoms with Crippen LogP contribution in [0.25, 0.3) is 10.8 Å². The number of fused-ring (bicyclic) bond motifs is 1. The molecule has 3 N–H and O–H groups in total. The molecule has 0 radical (unpaired) electrons. The lowest BCUT2D eigenvalue weighted by Gasteiger charge is -2.15. The van der Waals surface area contributed by atoms with Crippen LogP contribution < -0.4 is 11.1 Å². The molecule has 1 aromatic heterocycles. The maximum atomic E-state index is 12.0. The molecule has 1 unspecified atom stereocenters. The van der Waals surface area contributed by atoms with Gasteiger partial charge in [0.1, 0.15) is 0 Å². The number of nitrogens with zero attached hydrogens (tertiary/aromatic N) is 1. The number of rotatable bonds is 4. The van der Waals surface area contributed by atoms with Crippen molar-refractivity contribution in [3.8, 4) is 0 Å². The first kappa shape index (κ1) is 13.5. The average molecular weight is 257 g/mol. The Balaban J connectivity index is 2.19. The number of hydrogen-bond donors (Lipinski definition) is 2. The van der Waals surface area contributed by atoms with Crippen molar-refractivity contribution in [1.29, 1.82) is 0 Å². The summed E-state index contributed by atoms with van der Waals surface area (Å²) >= 11 is 0. The van der Waals surface area contributed by atoms with E-state index in [2.05, 4.69) is 24.1 Å². The van der Waals surface area contributed by atoms with Gasteiger partial charge in [0.25, 0.3) is 0 Å². The maximum Gasteiger partial charge on any atom is 0.241 e. The fourth-order valence-corrected chi connectivity index (χ4v) is 2.07. The number of aromatic nitrogens is 1. The molecular weight excluding hydrogens is 238 g/mol. The van der Waals surface area contributed by atoms with Crippen LogP contribution in [0.15, 0.2) is 36.7 Å². The van der Waals surface area contributed by atoms with E-state index in [-0.39, 0.29) is 5.91 Å². The molecule has 1 amide bonds. The van der Waals surface area contributed by atoms with Gasteiger partial charge in [0.15, 0.2) is 0 Å². The van der Waals surface area contributed by atoms with Crippen LogP contribution in [0.4, 0.5) is 5.69 Å². The second-order valence-corrected chi connectivity index (χ2v) is 5.13. The van der Waals surface area contributed by atoms with E-state index in [0.29, 0.717) is 12.3 Å². The molecule has 1 heterocycles. The zero-order valence-electron chi connectivity index (χ0n) is 11.3. The number of anilines is 1. The summed E-state index contributed by atoms with van der Waals surface area (Å²) in [6, 6.07) is 7.15. The molecule has 2 aromatic rings. The third-order valence-corrected chi connectivity index (χ3v) is 3.00. The molecule has 1 aromatic carbocycles. The molecule has 0 fully saturated rings. The number of carbonyl (C=O) groups excluding carboxylic acids is 1. The van der Waals surface area contributed by atoms with E-state index in [0.717, 1.165) is 16.5 Å². The van der Waals surface area contributed by atoms with Crippen molar-refractivity contribution in [3.05, 3.63) is 36.7 Å². The zero-order valence-corrected chi connectivity index (χ0v) is 11.3. The SMILES string of the molecule is CC(C)CC(N)C(=O)Nc1cccc2cnccc12. The molecule has 1 atom stereocenters. The van der Waals surface area contributed by atoms with E-state index < -0.39 is 6.04 Å². The van der Waals surface area contributed by atoms with Crippen LogP contribution in [0.1, 0.15) is 20.3 Å². The van der Waals surface area contributed by atoms with Crippen molar-refractivity contribution in [1.82, 2.24) is 4.98 Å². The molecule has 19 heavy (non-hydrogen) atoms. The fourth-order valence-electron chi connectivity index (χ4n) is 2.07. The molecule has 0 saturated carbocycles. The van der Waals surface area contributed by atoms with Crippen LogP contribution in [0.3, 0.4) is 0 Å². The van der Waals surface area contributed by atoms with Gasteiger partial charge in [-0.3, -0.25) is 9.78 Å². The molecule has 0 spiro atoms. The highest BCUT2D eigenvalue weighted by molar-refractivity contribution is 6.03. The van der Waals surface area contributed by atoms with E-state index in [1.807, 2.05) is 24.3 Å². The van der Waals surface area contributed by atoms with Gasteiger partial charge in [0.05, 0.1) is 6.04 Å². The summed E-state index contributed by atoms with van der Waals surface area (Å²) in [7, 11) is 0. The summed E-state index contributed by atoms with van der Waals surface area (Å²) in [5.74, 6) is 0.260. The number of benzene rings is 1. The van der Waals surface area contributed by atoms with Crippen molar-refractivity contribution in [3.63, 3.8) is 0 Å². The Bertz CT molecular complexity index is 575. The van der Waals surface area contributed by atoms with E-state index in [4.69, 9.17) is 5.73 Å². The summed E-state index contributed by atoms with van der Waals surface area (Å²) in [6.07, 6.45) is 4.17. The normalized spacial score (nSPS) is 12.6. The van der Waals surface area contributed by atoms with Crippen LogP contribution in [0.5, 0.6) is 0 Å². The van der Waals surface area contributed by atoms with Crippen molar-refractivity contribution < 1.29 is 4.79 Å². The van der Waals surface area contributed by atoms with Gasteiger partial charge in [-0.15, -0.1) is 0 Å². The largest absolute Gasteiger partial charge is 0.324 e. The third-order valence-electron chi connectivity index (χ3n) is 3.00. The molecule has 0 aliphatic rings. The quantitative estimate of drug-likeness (QED) is 0.884. The van der Waals surface area contributed by atoms with Gasteiger partial charge in [-0.25, -0.2) is 0 Å². The van der Waals surface area contributed by atoms with Gasteiger partial charge in [-0.2, -0.15) is 0 Å². The van der Waals surface area contributed by atoms with Crippen LogP contribution >= 0.6 is 0 Å². The summed E-state index contributed by atoms with van der Waals surface area (Å²) in [4.78, 5) is 16.1. The first-order valence-electron chi connectivity index (χ1n) is 6.47. The van der Waals surface area contributed by atoms with Gasteiger partial charge < -0.3 is 11.1 Å². The van der Waals surface area contributed by atoms with E-state index in [1.165, 1.54) is 0 Å². The van der Waals surface area contributed by atoms with Gasteiger partial charge in [-0.05, 0) is 24.5 Å². The summed E-state index contributed by atoms with van der Waals surface area (Å²) in [6.45, 7) is 4.10. The van der Waals surface area contributed by atoms with Crippen molar-refractivity contribution >= 4 is 22.4 Å². The van der Waals surface area contributed by atoms with Crippen LogP contribution in [-0.4, -0.2) is 16.9 Å². The number of pyridine rings is 1. The Kier molecular flexibility index (Phi) is 4.12. The Morgan fingerprint density at radius 2 is 2.16 bits per heavy atom. The third kappa shape index (κ3) is 3.29. The Morgan fingerprint density at radius 3 is 2.89 bits per heavy atom. The first-order chi connectivity index (χ1) is 9.08. The molecule has 0 bridgehead atoms. The summed E-state index contributed by atoms with van der Waals surface area (Å²) in [5, 5.41) is 4.87. The highest BCUT2D eigenvalue weighted by Crippen LogP contribution is 2.22. The topological polar surface area (TPSA) is 68.0 Å². The van der Waals surface area contributed by atoms with Crippen molar-refractivity contribution in [2.45, 2.75) is 26.3 Å². The Labute approximate surface area is 113 Å². The smallest absolute Gasteiger partial charge is 0.241 e. The Morgan fingerprint density at radius 1 is 1.37 bits per heavy atom. The van der Waals surface area contributed by atoms with Gasteiger partial charge in [0, 0.05) is 28.9 Å². The number of carbonyl (C=O) groups is 1. The van der Waals surface area contributed by atoms with Crippen molar-refractivity contribution in [2.24, 2.45) is 11.7 Å². The summed E-state index contributed by atoms with van der Waals surface area (Å²) < 4.78 is 0. The second kappa shape index (κ2) is 5.80. The lowest BCUT2D eigenvalue weighted by molar-refractivity contribution is -0.117. The highest BCUT2D eigenvalue weighted by Gasteiger charge is 2.15. The molecule has 0 aliphatic heterocycles. The molecular formula is C15H19N3O. The zero-order chi connectivity index (χ0) is 13.8. The molecule has 2 rings (SSSR count). The predicted molar refractivity (Wildman–Crippen MR) is 77.8 cm³/mol. The monoisotopic (exact) mass is 257 g/mol. The summed E-state index contributed by atoms with van der Waals surface area (Å²) in [5.41, 5.74) is 6.67. The molecule has 4 heteroatoms. The van der Waals surface area contributed by atoms with Gasteiger partial charge in [-0.1, -0.05) is 26.0 Å². The molecule has 0 saturated heterocycles. The van der Waals surface area contributed by atoms with Gasteiger partial charge >= 0.3 is 0 Å². The maximum absolute atomic E-state index is 12.0. The number of amides is 1. The number of hydrogen-bond acceptors (Lipinski definition) is 3. The van der Waals surface area contributed by atoms with E-state index in [1.54, 1.807) is 12.4 Å². The minimum Gasteiger partial charge on any atom is -0.324 e. The minimum absolute atomic E-state index is 0.141. The molecule has 100 valence electrons. The predicted octanol–water partition coefficient (Wildman–Crippen LogP) is 2.55. The fraction of sp³-hybridized carbons (Fsp3) is 0.333. The number of nitrogens with one attached hydrogen (secondary N) is 1. The lowest BCUT2D eigenvalue weighted by Crippen LogP contribution is -2.36. The second-order valence-electron chi connectivity index (χ2n) is 5.13. The van der Waals surface area contributed by atoms with E-state index >= 15 is 0 Å². The standard InChI is InChI=1S/C15H19N3O/c1-10(2)8-13(16)15(19)18-14-5-3-4-11-9-17-7-6-12(11)14/h3-7,9-10,13H,8,16H2,1-2H3,(H,18,19). The molecule has 0 aliphatic carbocycles. The van der Waals surface area contributed by atoms with Crippen LogP contribution in [-0.2, 0) is 4.79 Å². The minimum atomic E-state index is -0.475. The van der Waals surface area contributed by atoms with Crippen LogP contribution in [0, 0.1) is 5.92 Å². The molecule has 4 nitrogen and oxygen atoms in total. The lowest BCUT2D eigenvalue weighted by atomic mass is 10.0.